The van der Waals surface area contributed by atoms with Gasteiger partial charge in [-0.05, 0) is 42.5 Å². The van der Waals surface area contributed by atoms with Gasteiger partial charge in [-0.25, -0.2) is 0 Å². The zero-order chi connectivity index (χ0) is 17.5. The molecule has 0 aliphatic rings. The number of carbonyl (C=O) groups is 2. The van der Waals surface area contributed by atoms with E-state index >= 15 is 0 Å². The summed E-state index contributed by atoms with van der Waals surface area (Å²) in [6, 6.07) is 9.98. The van der Waals surface area contributed by atoms with Crippen molar-refractivity contribution in [3.63, 3.8) is 0 Å². The number of thioether (sulfide) groups is 1. The van der Waals surface area contributed by atoms with Gasteiger partial charge in [0.05, 0.1) is 12.3 Å². The van der Waals surface area contributed by atoms with E-state index in [1.165, 1.54) is 9.78 Å². The van der Waals surface area contributed by atoms with Crippen molar-refractivity contribution in [2.45, 2.75) is 19.6 Å². The van der Waals surface area contributed by atoms with Crippen LogP contribution in [0, 0.1) is 13.8 Å². The molecule has 0 radical (unpaired) electrons. The molecule has 24 heavy (non-hydrogen) atoms. The van der Waals surface area contributed by atoms with E-state index in [1.807, 2.05) is 43.5 Å². The van der Waals surface area contributed by atoms with Crippen molar-refractivity contribution in [3.8, 4) is 0 Å². The number of benzene rings is 1. The van der Waals surface area contributed by atoms with Gasteiger partial charge in [0.25, 0.3) is 0 Å². The number of anilines is 1. The normalized spacial score (nSPS) is 10.5. The van der Waals surface area contributed by atoms with Gasteiger partial charge < -0.3 is 10.2 Å². The molecule has 1 aromatic heterocycles. The molecule has 1 heterocycles. The van der Waals surface area contributed by atoms with Gasteiger partial charge in [0.15, 0.2) is 0 Å². The number of carbonyl (C=O) groups excluding carboxylic acids is 2. The van der Waals surface area contributed by atoms with Crippen molar-refractivity contribution in [1.82, 2.24) is 4.90 Å². The number of likely N-dealkylation sites (N-methyl/N-ethyl adjacent to an activating group) is 1. The molecule has 6 heteroatoms. The first-order valence-electron chi connectivity index (χ1n) is 7.67. The average molecular weight is 363 g/mol. The molecule has 2 aromatic rings. The molecule has 0 spiro atoms. The third-order valence-electron chi connectivity index (χ3n) is 3.52. The Bertz CT molecular complexity index is 699. The lowest BCUT2D eigenvalue weighted by Crippen LogP contribution is -2.36. The minimum Gasteiger partial charge on any atom is -0.336 e. The fourth-order valence-corrected chi connectivity index (χ4v) is 3.91. The molecule has 0 saturated carbocycles. The first-order chi connectivity index (χ1) is 11.5. The van der Waals surface area contributed by atoms with Gasteiger partial charge in [-0.2, -0.15) is 0 Å². The summed E-state index contributed by atoms with van der Waals surface area (Å²) in [4.78, 5) is 27.0. The van der Waals surface area contributed by atoms with Crippen LogP contribution in [0.3, 0.4) is 0 Å². The number of nitrogens with zero attached hydrogens (tertiary/aromatic N) is 1. The Morgan fingerprint density at radius 3 is 2.75 bits per heavy atom. The second kappa shape index (κ2) is 8.89. The summed E-state index contributed by atoms with van der Waals surface area (Å²) in [5.41, 5.74) is 2.90. The number of rotatable bonds is 7. The number of amides is 2. The Labute approximate surface area is 151 Å². The van der Waals surface area contributed by atoms with Gasteiger partial charge in [-0.15, -0.1) is 23.1 Å². The monoisotopic (exact) mass is 362 g/mol. The molecule has 0 aliphatic heterocycles. The highest BCUT2D eigenvalue weighted by molar-refractivity contribution is 7.99. The average Bonchev–Trinajstić information content (AvgIpc) is 3.04. The third-order valence-corrected chi connectivity index (χ3v) is 5.55. The van der Waals surface area contributed by atoms with Crippen molar-refractivity contribution < 1.29 is 9.59 Å². The Kier molecular flexibility index (Phi) is 6.87. The van der Waals surface area contributed by atoms with E-state index in [9.17, 15) is 9.59 Å². The van der Waals surface area contributed by atoms with Crippen LogP contribution in [0.1, 0.15) is 16.0 Å². The second-order valence-corrected chi connectivity index (χ2v) is 7.71. The molecular weight excluding hydrogens is 340 g/mol. The minimum absolute atomic E-state index is 0.0346. The van der Waals surface area contributed by atoms with Crippen LogP contribution in [-0.2, 0) is 15.3 Å². The van der Waals surface area contributed by atoms with Crippen LogP contribution < -0.4 is 5.32 Å². The highest BCUT2D eigenvalue weighted by Crippen LogP contribution is 2.18. The quantitative estimate of drug-likeness (QED) is 0.817. The first kappa shape index (κ1) is 18.5. The van der Waals surface area contributed by atoms with Crippen LogP contribution in [0.2, 0.25) is 0 Å². The molecule has 2 amide bonds. The van der Waals surface area contributed by atoms with Gasteiger partial charge in [-0.3, -0.25) is 9.59 Å². The smallest absolute Gasteiger partial charge is 0.243 e. The van der Waals surface area contributed by atoms with Crippen LogP contribution >= 0.6 is 23.1 Å². The maximum Gasteiger partial charge on any atom is 0.243 e. The van der Waals surface area contributed by atoms with E-state index in [0.29, 0.717) is 5.75 Å². The Balaban J connectivity index is 1.77. The van der Waals surface area contributed by atoms with Crippen molar-refractivity contribution >= 4 is 40.6 Å². The molecule has 0 fully saturated rings. The summed E-state index contributed by atoms with van der Waals surface area (Å²) in [7, 11) is 1.66. The first-order valence-corrected chi connectivity index (χ1v) is 9.70. The second-order valence-electron chi connectivity index (χ2n) is 5.69. The number of aryl methyl sites for hydroxylation is 2. The Morgan fingerprint density at radius 2 is 2.04 bits per heavy atom. The Hall–Kier alpha value is -1.79. The summed E-state index contributed by atoms with van der Waals surface area (Å²) >= 11 is 3.26. The number of thiophene rings is 1. The van der Waals surface area contributed by atoms with E-state index in [-0.39, 0.29) is 18.4 Å². The largest absolute Gasteiger partial charge is 0.336 e. The molecule has 1 N–H and O–H groups in total. The number of nitrogens with one attached hydrogen (secondary N) is 1. The standard InChI is InChI=1S/C18H22N2O2S2/c1-13-6-7-14(2)16(9-13)19-17(21)10-20(3)18(22)12-23-11-15-5-4-8-24-15/h4-9H,10-12H2,1-3H3,(H,19,21). The van der Waals surface area contributed by atoms with Gasteiger partial charge in [0, 0.05) is 23.4 Å². The molecule has 0 unspecified atom stereocenters. The molecular formula is C18H22N2O2S2. The molecule has 0 aliphatic carbocycles. The van der Waals surface area contributed by atoms with Gasteiger partial charge in [-0.1, -0.05) is 18.2 Å². The van der Waals surface area contributed by atoms with Crippen LogP contribution in [0.15, 0.2) is 35.7 Å². The topological polar surface area (TPSA) is 49.4 Å². The van der Waals surface area contributed by atoms with Crippen molar-refractivity contribution in [1.29, 1.82) is 0 Å². The molecule has 1 aromatic carbocycles. The predicted molar refractivity (Wildman–Crippen MR) is 103 cm³/mol. The van der Waals surface area contributed by atoms with E-state index in [4.69, 9.17) is 0 Å². The van der Waals surface area contributed by atoms with Crippen LogP contribution in [-0.4, -0.2) is 36.1 Å². The van der Waals surface area contributed by atoms with E-state index in [2.05, 4.69) is 11.4 Å². The maximum absolute atomic E-state index is 12.1. The summed E-state index contributed by atoms with van der Waals surface area (Å²) in [6.07, 6.45) is 0. The summed E-state index contributed by atoms with van der Waals surface area (Å²) < 4.78 is 0. The predicted octanol–water partition coefficient (Wildman–Crippen LogP) is 3.70. The molecule has 4 nitrogen and oxygen atoms in total. The lowest BCUT2D eigenvalue weighted by atomic mass is 10.1. The zero-order valence-electron chi connectivity index (χ0n) is 14.2. The molecule has 0 atom stereocenters. The molecule has 128 valence electrons. The van der Waals surface area contributed by atoms with Crippen molar-refractivity contribution in [2.24, 2.45) is 0 Å². The van der Waals surface area contributed by atoms with Gasteiger partial charge in [0.2, 0.25) is 11.8 Å². The Morgan fingerprint density at radius 1 is 1.25 bits per heavy atom. The fourth-order valence-electron chi connectivity index (χ4n) is 2.11. The third kappa shape index (κ3) is 5.69. The zero-order valence-corrected chi connectivity index (χ0v) is 15.8. The number of hydrogen-bond acceptors (Lipinski definition) is 4. The van der Waals surface area contributed by atoms with Crippen molar-refractivity contribution in [2.75, 3.05) is 24.7 Å². The van der Waals surface area contributed by atoms with Crippen LogP contribution in [0.25, 0.3) is 0 Å². The molecule has 0 bridgehead atoms. The van der Waals surface area contributed by atoms with Crippen molar-refractivity contribution in [3.05, 3.63) is 51.7 Å². The highest BCUT2D eigenvalue weighted by Gasteiger charge is 2.14. The van der Waals surface area contributed by atoms with Gasteiger partial charge >= 0.3 is 0 Å². The SMILES string of the molecule is Cc1ccc(C)c(NC(=O)CN(C)C(=O)CSCc2cccs2)c1. The van der Waals surface area contributed by atoms with E-state index in [0.717, 1.165) is 22.6 Å². The lowest BCUT2D eigenvalue weighted by Gasteiger charge is -2.17. The summed E-state index contributed by atoms with van der Waals surface area (Å²) in [5, 5.41) is 4.91. The summed E-state index contributed by atoms with van der Waals surface area (Å²) in [6.45, 7) is 3.99. The molecule has 0 saturated heterocycles. The highest BCUT2D eigenvalue weighted by atomic mass is 32.2. The lowest BCUT2D eigenvalue weighted by molar-refractivity contribution is -0.131. The minimum atomic E-state index is -0.178. The van der Waals surface area contributed by atoms with Gasteiger partial charge in [0.1, 0.15) is 0 Å². The van der Waals surface area contributed by atoms with Crippen LogP contribution in [0.5, 0.6) is 0 Å². The fraction of sp³-hybridized carbons (Fsp3) is 0.333. The van der Waals surface area contributed by atoms with Crippen LogP contribution in [0.4, 0.5) is 5.69 Å². The molecule has 2 rings (SSSR count). The maximum atomic E-state index is 12.1. The van der Waals surface area contributed by atoms with E-state index < -0.39 is 0 Å². The van der Waals surface area contributed by atoms with E-state index in [1.54, 1.807) is 30.1 Å². The number of hydrogen-bond donors (Lipinski definition) is 1. The summed E-state index contributed by atoms with van der Waals surface area (Å²) in [5.74, 6) is 0.993.